The Kier molecular flexibility index (Phi) is 4.18. The lowest BCUT2D eigenvalue weighted by atomic mass is 10.1. The lowest BCUT2D eigenvalue weighted by Crippen LogP contribution is -2.26. The third-order valence-corrected chi connectivity index (χ3v) is 3.12. The number of carbonyl (C=O) groups is 1. The molecule has 3 nitrogen and oxygen atoms in total. The predicted molar refractivity (Wildman–Crippen MR) is 79.0 cm³/mol. The highest BCUT2D eigenvalue weighted by molar-refractivity contribution is 5.92. The van der Waals surface area contributed by atoms with Crippen LogP contribution in [0.4, 0.5) is 11.4 Å². The molecule has 0 saturated heterocycles. The molecule has 0 saturated carbocycles. The average molecular weight is 254 g/mol. The Morgan fingerprint density at radius 2 is 1.68 bits per heavy atom. The number of nitrogen functional groups attached to an aromatic ring is 1. The van der Waals surface area contributed by atoms with E-state index in [9.17, 15) is 4.79 Å². The summed E-state index contributed by atoms with van der Waals surface area (Å²) in [5.41, 5.74) is 8.43. The fourth-order valence-corrected chi connectivity index (χ4v) is 1.90. The van der Waals surface area contributed by atoms with Crippen LogP contribution in [0.15, 0.2) is 54.6 Å². The van der Waals surface area contributed by atoms with Gasteiger partial charge in [0, 0.05) is 24.8 Å². The minimum Gasteiger partial charge on any atom is -0.399 e. The van der Waals surface area contributed by atoms with E-state index in [1.165, 1.54) is 0 Å². The minimum atomic E-state index is 0.114. The van der Waals surface area contributed by atoms with Gasteiger partial charge in [-0.1, -0.05) is 30.3 Å². The maximum absolute atomic E-state index is 12.1. The molecule has 0 aliphatic carbocycles. The van der Waals surface area contributed by atoms with Crippen molar-refractivity contribution in [1.82, 2.24) is 0 Å². The van der Waals surface area contributed by atoms with Crippen LogP contribution in [0, 0.1) is 0 Å². The summed E-state index contributed by atoms with van der Waals surface area (Å²) in [4.78, 5) is 13.8. The molecule has 0 atom stereocenters. The van der Waals surface area contributed by atoms with E-state index in [1.54, 1.807) is 11.9 Å². The third kappa shape index (κ3) is 3.58. The first-order chi connectivity index (χ1) is 9.16. The van der Waals surface area contributed by atoms with Crippen LogP contribution < -0.4 is 10.6 Å². The van der Waals surface area contributed by atoms with Gasteiger partial charge in [0.25, 0.3) is 0 Å². The molecule has 98 valence electrons. The molecule has 0 heterocycles. The van der Waals surface area contributed by atoms with E-state index in [4.69, 9.17) is 5.73 Å². The van der Waals surface area contributed by atoms with Crippen LogP contribution in [0.5, 0.6) is 0 Å². The first-order valence-electron chi connectivity index (χ1n) is 6.33. The van der Waals surface area contributed by atoms with Crippen molar-refractivity contribution >= 4 is 17.3 Å². The van der Waals surface area contributed by atoms with Crippen molar-refractivity contribution < 1.29 is 4.79 Å². The molecule has 3 heteroatoms. The van der Waals surface area contributed by atoms with Crippen LogP contribution >= 0.6 is 0 Å². The molecule has 0 radical (unpaired) electrons. The molecule has 0 unspecified atom stereocenters. The quantitative estimate of drug-likeness (QED) is 0.853. The molecule has 2 aromatic carbocycles. The molecule has 2 rings (SSSR count). The molecular formula is C16H18N2O. The van der Waals surface area contributed by atoms with Crippen molar-refractivity contribution in [3.63, 3.8) is 0 Å². The van der Waals surface area contributed by atoms with Crippen LogP contribution in [0.25, 0.3) is 0 Å². The van der Waals surface area contributed by atoms with Crippen molar-refractivity contribution in [1.29, 1.82) is 0 Å². The van der Waals surface area contributed by atoms with E-state index in [0.29, 0.717) is 6.42 Å². The van der Waals surface area contributed by atoms with Crippen LogP contribution in [0.2, 0.25) is 0 Å². The van der Waals surface area contributed by atoms with Crippen molar-refractivity contribution in [2.24, 2.45) is 0 Å². The molecule has 2 aromatic rings. The summed E-state index contributed by atoms with van der Waals surface area (Å²) in [5, 5.41) is 0. The molecule has 2 N–H and O–H groups in total. The largest absolute Gasteiger partial charge is 0.399 e. The summed E-state index contributed by atoms with van der Waals surface area (Å²) >= 11 is 0. The molecule has 19 heavy (non-hydrogen) atoms. The smallest absolute Gasteiger partial charge is 0.227 e. The highest BCUT2D eigenvalue weighted by Gasteiger charge is 2.10. The zero-order chi connectivity index (χ0) is 13.7. The second-order valence-electron chi connectivity index (χ2n) is 4.53. The number of anilines is 2. The highest BCUT2D eigenvalue weighted by atomic mass is 16.2. The zero-order valence-electron chi connectivity index (χ0n) is 11.0. The van der Waals surface area contributed by atoms with Crippen molar-refractivity contribution in [3.05, 3.63) is 60.2 Å². The van der Waals surface area contributed by atoms with Gasteiger partial charge in [-0.05, 0) is 36.2 Å². The monoisotopic (exact) mass is 254 g/mol. The van der Waals surface area contributed by atoms with Crippen molar-refractivity contribution in [2.45, 2.75) is 12.8 Å². The van der Waals surface area contributed by atoms with Crippen LogP contribution in [0.1, 0.15) is 12.0 Å². The SMILES string of the molecule is CN(C(=O)CCc1ccc(N)cc1)c1ccccc1. The second kappa shape index (κ2) is 6.05. The summed E-state index contributed by atoms with van der Waals surface area (Å²) in [6, 6.07) is 17.3. The first kappa shape index (κ1) is 13.1. The lowest BCUT2D eigenvalue weighted by molar-refractivity contribution is -0.118. The van der Waals surface area contributed by atoms with Crippen molar-refractivity contribution in [3.8, 4) is 0 Å². The average Bonchev–Trinajstić information content (AvgIpc) is 2.46. The molecule has 1 amide bonds. The summed E-state index contributed by atoms with van der Waals surface area (Å²) in [7, 11) is 1.81. The second-order valence-corrected chi connectivity index (χ2v) is 4.53. The third-order valence-electron chi connectivity index (χ3n) is 3.12. The van der Waals surface area contributed by atoms with E-state index >= 15 is 0 Å². The summed E-state index contributed by atoms with van der Waals surface area (Å²) in [6.45, 7) is 0. The van der Waals surface area contributed by atoms with Gasteiger partial charge in [0.05, 0.1) is 0 Å². The van der Waals surface area contributed by atoms with Gasteiger partial charge in [-0.25, -0.2) is 0 Å². The van der Waals surface area contributed by atoms with Gasteiger partial charge in [0.1, 0.15) is 0 Å². The fraction of sp³-hybridized carbons (Fsp3) is 0.188. The number of nitrogens with two attached hydrogens (primary N) is 1. The maximum atomic E-state index is 12.1. The number of para-hydroxylation sites is 1. The normalized spacial score (nSPS) is 10.2. The number of rotatable bonds is 4. The van der Waals surface area contributed by atoms with E-state index in [2.05, 4.69) is 0 Å². The molecule has 0 bridgehead atoms. The van der Waals surface area contributed by atoms with Crippen LogP contribution in [-0.2, 0) is 11.2 Å². The van der Waals surface area contributed by atoms with Gasteiger partial charge in [0.2, 0.25) is 5.91 Å². The Bertz CT molecular complexity index is 534. The molecule has 0 spiro atoms. The van der Waals surface area contributed by atoms with Crippen LogP contribution in [-0.4, -0.2) is 13.0 Å². The number of nitrogens with zero attached hydrogens (tertiary/aromatic N) is 1. The Hall–Kier alpha value is -2.29. The zero-order valence-corrected chi connectivity index (χ0v) is 11.0. The summed E-state index contributed by atoms with van der Waals surface area (Å²) in [5.74, 6) is 0.114. The Morgan fingerprint density at radius 1 is 1.05 bits per heavy atom. The van der Waals surface area contributed by atoms with E-state index < -0.39 is 0 Å². The van der Waals surface area contributed by atoms with Gasteiger partial charge in [-0.2, -0.15) is 0 Å². The highest BCUT2D eigenvalue weighted by Crippen LogP contribution is 2.14. The van der Waals surface area contributed by atoms with E-state index in [-0.39, 0.29) is 5.91 Å². The number of hydrogen-bond donors (Lipinski definition) is 1. The minimum absolute atomic E-state index is 0.114. The summed E-state index contributed by atoms with van der Waals surface area (Å²) in [6.07, 6.45) is 1.23. The first-order valence-corrected chi connectivity index (χ1v) is 6.33. The number of carbonyl (C=O) groups excluding carboxylic acids is 1. The lowest BCUT2D eigenvalue weighted by Gasteiger charge is -2.17. The maximum Gasteiger partial charge on any atom is 0.227 e. The van der Waals surface area contributed by atoms with Crippen molar-refractivity contribution in [2.75, 3.05) is 17.7 Å². The van der Waals surface area contributed by atoms with E-state index in [1.807, 2.05) is 54.6 Å². The predicted octanol–water partition coefficient (Wildman–Crippen LogP) is 2.86. The molecule has 0 fully saturated rings. The van der Waals surface area contributed by atoms with Crippen LogP contribution in [0.3, 0.4) is 0 Å². The van der Waals surface area contributed by atoms with Gasteiger partial charge in [-0.3, -0.25) is 4.79 Å². The Morgan fingerprint density at radius 3 is 2.32 bits per heavy atom. The number of benzene rings is 2. The molecular weight excluding hydrogens is 236 g/mol. The van der Waals surface area contributed by atoms with Gasteiger partial charge in [0.15, 0.2) is 0 Å². The fourth-order valence-electron chi connectivity index (χ4n) is 1.90. The molecule has 0 aliphatic rings. The van der Waals surface area contributed by atoms with Gasteiger partial charge in [-0.15, -0.1) is 0 Å². The van der Waals surface area contributed by atoms with E-state index in [0.717, 1.165) is 23.4 Å². The van der Waals surface area contributed by atoms with Gasteiger partial charge < -0.3 is 10.6 Å². The molecule has 0 aliphatic heterocycles. The Labute approximate surface area is 113 Å². The standard InChI is InChI=1S/C16H18N2O/c1-18(15-5-3-2-4-6-15)16(19)12-9-13-7-10-14(17)11-8-13/h2-8,10-11H,9,12,17H2,1H3. The molecule has 0 aromatic heterocycles. The number of amides is 1. The topological polar surface area (TPSA) is 46.3 Å². The summed E-state index contributed by atoms with van der Waals surface area (Å²) < 4.78 is 0. The number of hydrogen-bond acceptors (Lipinski definition) is 2. The Balaban J connectivity index is 1.93. The van der Waals surface area contributed by atoms with Gasteiger partial charge >= 0.3 is 0 Å². The number of aryl methyl sites for hydroxylation is 1.